The third kappa shape index (κ3) is 4.20. The monoisotopic (exact) mass is 307 g/mol. The van der Waals surface area contributed by atoms with Gasteiger partial charge in [0.1, 0.15) is 10.1 Å². The quantitative estimate of drug-likeness (QED) is 0.861. The number of rotatable bonds is 6. The van der Waals surface area contributed by atoms with E-state index in [0.29, 0.717) is 11.1 Å². The molecule has 1 unspecified atom stereocenters. The Morgan fingerprint density at radius 1 is 1.30 bits per heavy atom. The number of pyridine rings is 2. The fraction of sp³-hybridized carbons (Fsp3) is 0.333. The molecule has 3 nitrogen and oxygen atoms in total. The van der Waals surface area contributed by atoms with Crippen LogP contribution in [0.2, 0.25) is 5.02 Å². The minimum absolute atomic E-state index is 0.316. The van der Waals surface area contributed by atoms with Gasteiger partial charge in [0, 0.05) is 18.4 Å². The van der Waals surface area contributed by atoms with Crippen LogP contribution in [0.3, 0.4) is 0 Å². The van der Waals surface area contributed by atoms with Crippen LogP contribution >= 0.6 is 23.4 Å². The molecule has 20 heavy (non-hydrogen) atoms. The number of hydrogen-bond donors (Lipinski definition) is 1. The highest BCUT2D eigenvalue weighted by molar-refractivity contribution is 7.99. The lowest BCUT2D eigenvalue weighted by Gasteiger charge is -2.14. The standard InChI is InChI=1S/C15H18ClN3S/c1-3-7-17-11(2)12-6-9-18-14(10-12)20-15-13(16)5-4-8-19-15/h4-6,8-11,17H,3,7H2,1-2H3. The SMILES string of the molecule is CCCNC(C)c1ccnc(Sc2ncccc2Cl)c1. The second kappa shape index (κ2) is 7.62. The molecule has 0 aliphatic carbocycles. The molecular weight excluding hydrogens is 290 g/mol. The summed E-state index contributed by atoms with van der Waals surface area (Å²) in [7, 11) is 0. The third-order valence-corrected chi connectivity index (χ3v) is 4.25. The Morgan fingerprint density at radius 2 is 2.15 bits per heavy atom. The molecule has 0 amide bonds. The summed E-state index contributed by atoms with van der Waals surface area (Å²) in [6, 6.07) is 8.11. The van der Waals surface area contributed by atoms with Crippen molar-refractivity contribution in [1.29, 1.82) is 0 Å². The fourth-order valence-corrected chi connectivity index (χ4v) is 2.80. The topological polar surface area (TPSA) is 37.8 Å². The zero-order valence-electron chi connectivity index (χ0n) is 11.6. The maximum absolute atomic E-state index is 6.12. The van der Waals surface area contributed by atoms with E-state index in [4.69, 9.17) is 11.6 Å². The van der Waals surface area contributed by atoms with Gasteiger partial charge < -0.3 is 5.32 Å². The summed E-state index contributed by atoms with van der Waals surface area (Å²) >= 11 is 7.61. The minimum atomic E-state index is 0.316. The van der Waals surface area contributed by atoms with Crippen LogP contribution in [-0.2, 0) is 0 Å². The van der Waals surface area contributed by atoms with Gasteiger partial charge in [-0.2, -0.15) is 0 Å². The molecule has 0 saturated heterocycles. The van der Waals surface area contributed by atoms with Crippen LogP contribution in [0.1, 0.15) is 31.9 Å². The highest BCUT2D eigenvalue weighted by Gasteiger charge is 2.08. The summed E-state index contributed by atoms with van der Waals surface area (Å²) in [4.78, 5) is 8.65. The number of hydrogen-bond acceptors (Lipinski definition) is 4. The number of nitrogens with zero attached hydrogens (tertiary/aromatic N) is 2. The van der Waals surface area contributed by atoms with E-state index in [2.05, 4.69) is 35.2 Å². The maximum Gasteiger partial charge on any atom is 0.121 e. The Hall–Kier alpha value is -1.10. The van der Waals surface area contributed by atoms with Gasteiger partial charge in [0.05, 0.1) is 5.02 Å². The largest absolute Gasteiger partial charge is 0.310 e. The average molecular weight is 308 g/mol. The fourth-order valence-electron chi connectivity index (χ4n) is 1.77. The van der Waals surface area contributed by atoms with E-state index in [1.165, 1.54) is 17.3 Å². The molecule has 106 valence electrons. The molecule has 2 aromatic rings. The predicted octanol–water partition coefficient (Wildman–Crippen LogP) is 4.34. The van der Waals surface area contributed by atoms with Gasteiger partial charge in [-0.05, 0) is 61.5 Å². The Labute approximate surface area is 129 Å². The highest BCUT2D eigenvalue weighted by Crippen LogP contribution is 2.30. The number of aromatic nitrogens is 2. The molecule has 0 aliphatic heterocycles. The summed E-state index contributed by atoms with van der Waals surface area (Å²) in [5.74, 6) is 0. The molecule has 5 heteroatoms. The average Bonchev–Trinajstić information content (AvgIpc) is 2.47. The Kier molecular flexibility index (Phi) is 5.83. The molecule has 1 N–H and O–H groups in total. The molecule has 2 heterocycles. The van der Waals surface area contributed by atoms with Crippen molar-refractivity contribution in [3.63, 3.8) is 0 Å². The van der Waals surface area contributed by atoms with Crippen molar-refractivity contribution >= 4 is 23.4 Å². The van der Waals surface area contributed by atoms with Crippen molar-refractivity contribution in [3.8, 4) is 0 Å². The van der Waals surface area contributed by atoms with E-state index in [0.717, 1.165) is 23.0 Å². The zero-order valence-corrected chi connectivity index (χ0v) is 13.2. The summed E-state index contributed by atoms with van der Waals surface area (Å²) < 4.78 is 0. The molecule has 2 aromatic heterocycles. The van der Waals surface area contributed by atoms with E-state index in [1.807, 2.05) is 24.4 Å². The molecule has 1 atom stereocenters. The van der Waals surface area contributed by atoms with Crippen LogP contribution in [0, 0.1) is 0 Å². The Morgan fingerprint density at radius 3 is 2.90 bits per heavy atom. The van der Waals surface area contributed by atoms with Crippen LogP contribution in [0.15, 0.2) is 46.7 Å². The lowest BCUT2D eigenvalue weighted by Crippen LogP contribution is -2.19. The maximum atomic E-state index is 6.12. The number of nitrogens with one attached hydrogen (secondary N) is 1. The first-order valence-corrected chi connectivity index (χ1v) is 7.88. The van der Waals surface area contributed by atoms with Crippen LogP contribution in [0.25, 0.3) is 0 Å². The normalized spacial score (nSPS) is 12.3. The second-order valence-electron chi connectivity index (χ2n) is 4.50. The Balaban J connectivity index is 2.12. The van der Waals surface area contributed by atoms with Gasteiger partial charge in [0.25, 0.3) is 0 Å². The van der Waals surface area contributed by atoms with E-state index in [-0.39, 0.29) is 0 Å². The van der Waals surface area contributed by atoms with Crippen LogP contribution in [-0.4, -0.2) is 16.5 Å². The van der Waals surface area contributed by atoms with Crippen LogP contribution < -0.4 is 5.32 Å². The summed E-state index contributed by atoms with van der Waals surface area (Å²) in [6.45, 7) is 5.34. The third-order valence-electron chi connectivity index (χ3n) is 2.89. The van der Waals surface area contributed by atoms with Crippen LogP contribution in [0.5, 0.6) is 0 Å². The lowest BCUT2D eigenvalue weighted by molar-refractivity contribution is 0.569. The van der Waals surface area contributed by atoms with E-state index in [9.17, 15) is 0 Å². The molecule has 0 spiro atoms. The summed E-state index contributed by atoms with van der Waals surface area (Å²) in [5.41, 5.74) is 1.23. The van der Waals surface area contributed by atoms with Gasteiger partial charge in [0.15, 0.2) is 0 Å². The smallest absolute Gasteiger partial charge is 0.121 e. The van der Waals surface area contributed by atoms with Gasteiger partial charge in [0.2, 0.25) is 0 Å². The van der Waals surface area contributed by atoms with Gasteiger partial charge >= 0.3 is 0 Å². The summed E-state index contributed by atoms with van der Waals surface area (Å²) in [6.07, 6.45) is 4.70. The van der Waals surface area contributed by atoms with Gasteiger partial charge in [-0.1, -0.05) is 18.5 Å². The predicted molar refractivity (Wildman–Crippen MR) is 84.3 cm³/mol. The van der Waals surface area contributed by atoms with E-state index < -0.39 is 0 Å². The molecular formula is C15H18ClN3S. The van der Waals surface area contributed by atoms with Gasteiger partial charge in [-0.15, -0.1) is 0 Å². The highest BCUT2D eigenvalue weighted by atomic mass is 35.5. The van der Waals surface area contributed by atoms with Crippen LogP contribution in [0.4, 0.5) is 0 Å². The second-order valence-corrected chi connectivity index (χ2v) is 5.91. The first kappa shape index (κ1) is 15.3. The first-order chi connectivity index (χ1) is 9.70. The molecule has 0 aromatic carbocycles. The molecule has 0 aliphatic rings. The molecule has 0 saturated carbocycles. The molecule has 2 rings (SSSR count). The van der Waals surface area contributed by atoms with Crippen molar-refractivity contribution in [2.75, 3.05) is 6.54 Å². The minimum Gasteiger partial charge on any atom is -0.310 e. The molecule has 0 radical (unpaired) electrons. The lowest BCUT2D eigenvalue weighted by atomic mass is 10.1. The molecule has 0 bridgehead atoms. The van der Waals surface area contributed by atoms with Crippen molar-refractivity contribution in [3.05, 3.63) is 47.2 Å². The summed E-state index contributed by atoms with van der Waals surface area (Å²) in [5, 5.41) is 5.82. The van der Waals surface area contributed by atoms with Gasteiger partial charge in [-0.25, -0.2) is 9.97 Å². The first-order valence-electron chi connectivity index (χ1n) is 6.68. The van der Waals surface area contributed by atoms with Crippen molar-refractivity contribution in [2.45, 2.75) is 36.4 Å². The van der Waals surface area contributed by atoms with Crippen molar-refractivity contribution in [2.24, 2.45) is 0 Å². The molecule has 0 fully saturated rings. The van der Waals surface area contributed by atoms with Crippen molar-refractivity contribution < 1.29 is 0 Å². The Bertz CT molecular complexity index is 562. The zero-order chi connectivity index (χ0) is 14.4. The van der Waals surface area contributed by atoms with Gasteiger partial charge in [-0.3, -0.25) is 0 Å². The number of halogens is 1. The van der Waals surface area contributed by atoms with Crippen molar-refractivity contribution in [1.82, 2.24) is 15.3 Å². The van der Waals surface area contributed by atoms with E-state index >= 15 is 0 Å². The van der Waals surface area contributed by atoms with E-state index in [1.54, 1.807) is 6.20 Å².